The van der Waals surface area contributed by atoms with Crippen LogP contribution in [0.4, 0.5) is 4.39 Å². The number of nitrogens with zero attached hydrogens (tertiary/aromatic N) is 1. The molecule has 1 aliphatic heterocycles. The molecule has 0 fully saturated rings. The van der Waals surface area contributed by atoms with E-state index in [-0.39, 0.29) is 35.4 Å². The second-order valence-corrected chi connectivity index (χ2v) is 12.4. The lowest BCUT2D eigenvalue weighted by Gasteiger charge is -2.30. The van der Waals surface area contributed by atoms with Gasteiger partial charge in [-0.1, -0.05) is 36.4 Å². The normalized spacial score (nSPS) is 16.2. The number of rotatable bonds is 8. The number of aliphatic hydroxyl groups is 1. The van der Waals surface area contributed by atoms with Crippen molar-refractivity contribution in [1.82, 2.24) is 9.71 Å². The third-order valence-electron chi connectivity index (χ3n) is 7.59. The van der Waals surface area contributed by atoms with Gasteiger partial charge in [0.05, 0.1) is 28.8 Å². The summed E-state index contributed by atoms with van der Waals surface area (Å²) < 4.78 is 53.1. The van der Waals surface area contributed by atoms with Crippen LogP contribution in [0.1, 0.15) is 38.8 Å². The summed E-state index contributed by atoms with van der Waals surface area (Å²) in [7, 11) is -4.05. The van der Waals surface area contributed by atoms with E-state index in [4.69, 9.17) is 9.47 Å². The summed E-state index contributed by atoms with van der Waals surface area (Å²) >= 11 is 0. The minimum atomic E-state index is -4.05. The molecule has 10 heteroatoms. The van der Waals surface area contributed by atoms with Gasteiger partial charge in [-0.05, 0) is 85.1 Å². The monoisotopic (exact) mass is 612 g/mol. The third kappa shape index (κ3) is 6.27. The fraction of sp³-hybridized carbons (Fsp3) is 0.176. The van der Waals surface area contributed by atoms with E-state index >= 15 is 0 Å². The lowest BCUT2D eigenvalue weighted by atomic mass is 9.87. The molecule has 0 bridgehead atoms. The van der Waals surface area contributed by atoms with Gasteiger partial charge in [0.1, 0.15) is 23.9 Å². The second kappa shape index (κ2) is 12.1. The van der Waals surface area contributed by atoms with Gasteiger partial charge in [-0.2, -0.15) is 0 Å². The standard InChI is InChI=1S/C34H29FN2O6S/c1-21-5-2-3-8-32(21)44(40,41)37-34(39)24-7-4-6-22(15-24)16-25-19-43-31-14-12-28(18-29(31)33(25)38)42-20-27-11-9-23-17-26(35)10-13-30(23)36-27/h2-15,17-18,25,33,38H,16,19-20H2,1H3,(H,37,39)/t25-,33-/m0/s1. The molecule has 0 unspecified atom stereocenters. The molecule has 224 valence electrons. The zero-order valence-electron chi connectivity index (χ0n) is 23.7. The third-order valence-corrected chi connectivity index (χ3v) is 9.08. The summed E-state index contributed by atoms with van der Waals surface area (Å²) in [5.41, 5.74) is 3.39. The first-order valence-electron chi connectivity index (χ1n) is 14.0. The quantitative estimate of drug-likeness (QED) is 0.232. The number of aliphatic hydroxyl groups excluding tert-OH is 1. The molecule has 0 aliphatic carbocycles. The van der Waals surface area contributed by atoms with E-state index < -0.39 is 22.0 Å². The van der Waals surface area contributed by atoms with Gasteiger partial charge in [-0.3, -0.25) is 4.79 Å². The van der Waals surface area contributed by atoms with E-state index in [1.807, 2.05) is 6.07 Å². The first kappa shape index (κ1) is 29.3. The number of fused-ring (bicyclic) bond motifs is 2. The van der Waals surface area contributed by atoms with Crippen molar-refractivity contribution in [1.29, 1.82) is 0 Å². The fourth-order valence-electron chi connectivity index (χ4n) is 5.30. The van der Waals surface area contributed by atoms with E-state index in [0.717, 1.165) is 5.56 Å². The van der Waals surface area contributed by atoms with Crippen molar-refractivity contribution in [3.8, 4) is 11.5 Å². The molecule has 1 aliphatic rings. The lowest BCUT2D eigenvalue weighted by molar-refractivity contribution is 0.0504. The molecule has 2 heterocycles. The maximum absolute atomic E-state index is 13.5. The molecule has 4 aromatic carbocycles. The summed E-state index contributed by atoms with van der Waals surface area (Å²) in [6, 6.07) is 26.3. The molecule has 6 rings (SSSR count). The van der Waals surface area contributed by atoms with Crippen molar-refractivity contribution >= 4 is 26.8 Å². The molecule has 44 heavy (non-hydrogen) atoms. The highest BCUT2D eigenvalue weighted by Crippen LogP contribution is 2.39. The van der Waals surface area contributed by atoms with Crippen LogP contribution in [0, 0.1) is 18.7 Å². The lowest BCUT2D eigenvalue weighted by Crippen LogP contribution is -2.31. The molecule has 0 spiro atoms. The number of ether oxygens (including phenoxy) is 2. The van der Waals surface area contributed by atoms with Crippen LogP contribution in [0.3, 0.4) is 0 Å². The molecule has 1 aromatic heterocycles. The smallest absolute Gasteiger partial charge is 0.265 e. The molecular formula is C34H29FN2O6S. The second-order valence-electron chi connectivity index (χ2n) is 10.7. The van der Waals surface area contributed by atoms with Gasteiger partial charge in [0.2, 0.25) is 0 Å². The summed E-state index contributed by atoms with van der Waals surface area (Å²) in [6.45, 7) is 2.10. The number of benzene rings is 4. The van der Waals surface area contributed by atoms with E-state index in [1.54, 1.807) is 79.7 Å². The first-order chi connectivity index (χ1) is 21.2. The van der Waals surface area contributed by atoms with Gasteiger partial charge in [-0.15, -0.1) is 0 Å². The molecular weight excluding hydrogens is 583 g/mol. The number of nitrogens with one attached hydrogen (secondary N) is 1. The van der Waals surface area contributed by atoms with Gasteiger partial charge in [0.15, 0.2) is 0 Å². The van der Waals surface area contributed by atoms with Crippen molar-refractivity contribution in [3.05, 3.63) is 131 Å². The predicted octanol–water partition coefficient (Wildman–Crippen LogP) is 5.66. The topological polar surface area (TPSA) is 115 Å². The number of halogens is 1. The Balaban J connectivity index is 1.12. The molecule has 2 N–H and O–H groups in total. The van der Waals surface area contributed by atoms with Gasteiger partial charge < -0.3 is 14.6 Å². The minimum absolute atomic E-state index is 0.0409. The molecule has 0 saturated carbocycles. The number of sulfonamides is 1. The van der Waals surface area contributed by atoms with Crippen LogP contribution in [0.25, 0.3) is 10.9 Å². The van der Waals surface area contributed by atoms with Crippen LogP contribution in [0.5, 0.6) is 11.5 Å². The number of pyridine rings is 1. The van der Waals surface area contributed by atoms with Gasteiger partial charge >= 0.3 is 0 Å². The number of carbonyl (C=O) groups is 1. The van der Waals surface area contributed by atoms with Crippen molar-refractivity contribution in [2.75, 3.05) is 6.61 Å². The average molecular weight is 613 g/mol. The molecule has 8 nitrogen and oxygen atoms in total. The predicted molar refractivity (Wildman–Crippen MR) is 162 cm³/mol. The number of amides is 1. The summed E-state index contributed by atoms with van der Waals surface area (Å²) in [5.74, 6) is -0.299. The maximum atomic E-state index is 13.5. The Morgan fingerprint density at radius 1 is 1.02 bits per heavy atom. The summed E-state index contributed by atoms with van der Waals surface area (Å²) in [6.07, 6.45) is -0.478. The van der Waals surface area contributed by atoms with Crippen molar-refractivity contribution in [2.24, 2.45) is 5.92 Å². The highest BCUT2D eigenvalue weighted by atomic mass is 32.2. The van der Waals surface area contributed by atoms with Gasteiger partial charge in [0.25, 0.3) is 15.9 Å². The van der Waals surface area contributed by atoms with Crippen molar-refractivity contribution < 1.29 is 32.2 Å². The fourth-order valence-corrected chi connectivity index (χ4v) is 6.53. The molecule has 5 aromatic rings. The van der Waals surface area contributed by atoms with Crippen molar-refractivity contribution in [2.45, 2.75) is 31.0 Å². The number of aryl methyl sites for hydroxylation is 1. The van der Waals surface area contributed by atoms with Gasteiger partial charge in [0, 0.05) is 22.4 Å². The van der Waals surface area contributed by atoms with E-state index in [9.17, 15) is 22.7 Å². The van der Waals surface area contributed by atoms with Crippen LogP contribution in [0.2, 0.25) is 0 Å². The van der Waals surface area contributed by atoms with E-state index in [2.05, 4.69) is 9.71 Å². The van der Waals surface area contributed by atoms with Crippen molar-refractivity contribution in [3.63, 3.8) is 0 Å². The molecule has 0 radical (unpaired) electrons. The Hall–Kier alpha value is -4.80. The van der Waals surface area contributed by atoms with Crippen LogP contribution >= 0.6 is 0 Å². The van der Waals surface area contributed by atoms with Crippen LogP contribution in [0.15, 0.2) is 102 Å². The average Bonchev–Trinajstić information content (AvgIpc) is 3.01. The van der Waals surface area contributed by atoms with Crippen LogP contribution in [-0.2, 0) is 23.1 Å². The number of carbonyl (C=O) groups excluding carboxylic acids is 1. The zero-order valence-corrected chi connectivity index (χ0v) is 24.6. The number of hydrogen-bond acceptors (Lipinski definition) is 7. The minimum Gasteiger partial charge on any atom is -0.493 e. The maximum Gasteiger partial charge on any atom is 0.265 e. The largest absolute Gasteiger partial charge is 0.493 e. The van der Waals surface area contributed by atoms with E-state index in [0.29, 0.717) is 45.6 Å². The zero-order chi connectivity index (χ0) is 30.8. The first-order valence-corrected chi connectivity index (χ1v) is 15.5. The van der Waals surface area contributed by atoms with Crippen LogP contribution < -0.4 is 14.2 Å². The Bertz CT molecular complexity index is 1980. The SMILES string of the molecule is Cc1ccccc1S(=O)(=O)NC(=O)c1cccc(C[C@H]2COc3ccc(OCc4ccc5cc(F)ccc5n4)cc3[C@H]2O)c1. The van der Waals surface area contributed by atoms with E-state index in [1.165, 1.54) is 18.2 Å². The highest BCUT2D eigenvalue weighted by molar-refractivity contribution is 7.90. The Morgan fingerprint density at radius 2 is 1.86 bits per heavy atom. The van der Waals surface area contributed by atoms with Gasteiger partial charge in [-0.25, -0.2) is 22.5 Å². The Kier molecular flexibility index (Phi) is 8.03. The molecule has 2 atom stereocenters. The number of aromatic nitrogens is 1. The number of hydrogen-bond donors (Lipinski definition) is 2. The Labute approximate surface area is 254 Å². The van der Waals surface area contributed by atoms with Crippen LogP contribution in [-0.4, -0.2) is 31.0 Å². The Morgan fingerprint density at radius 3 is 2.70 bits per heavy atom. The highest BCUT2D eigenvalue weighted by Gasteiger charge is 2.30. The molecule has 0 saturated heterocycles. The molecule has 1 amide bonds. The summed E-state index contributed by atoms with van der Waals surface area (Å²) in [5, 5.41) is 12.0. The summed E-state index contributed by atoms with van der Waals surface area (Å²) in [4.78, 5) is 17.5.